The molecule has 4 heteroatoms. The molecule has 0 radical (unpaired) electrons. The van der Waals surface area contributed by atoms with Gasteiger partial charge in [0.05, 0.1) is 23.4 Å². The third kappa shape index (κ3) is 3.03. The highest BCUT2D eigenvalue weighted by molar-refractivity contribution is 7.09. The summed E-state index contributed by atoms with van der Waals surface area (Å²) in [6.45, 7) is 1.63. The Morgan fingerprint density at radius 1 is 1.37 bits per heavy atom. The first-order valence-corrected chi connectivity index (χ1v) is 7.46. The van der Waals surface area contributed by atoms with E-state index < -0.39 is 6.10 Å². The van der Waals surface area contributed by atoms with E-state index in [0.717, 1.165) is 35.9 Å². The van der Waals surface area contributed by atoms with Gasteiger partial charge in [-0.1, -0.05) is 30.3 Å². The third-order valence-corrected chi connectivity index (χ3v) is 4.49. The highest BCUT2D eigenvalue weighted by atomic mass is 32.1. The van der Waals surface area contributed by atoms with E-state index in [4.69, 9.17) is 4.74 Å². The van der Waals surface area contributed by atoms with Gasteiger partial charge < -0.3 is 9.84 Å². The third-order valence-electron chi connectivity index (χ3n) is 3.44. The molecule has 2 heterocycles. The smallest absolute Gasteiger partial charge is 0.0983 e. The van der Waals surface area contributed by atoms with Crippen molar-refractivity contribution in [3.05, 3.63) is 52.0 Å². The van der Waals surface area contributed by atoms with E-state index in [0.29, 0.717) is 12.3 Å². The number of benzene rings is 1. The first kappa shape index (κ1) is 12.8. The van der Waals surface area contributed by atoms with Crippen LogP contribution in [0.2, 0.25) is 0 Å². The van der Waals surface area contributed by atoms with Crippen LogP contribution < -0.4 is 0 Å². The van der Waals surface area contributed by atoms with Gasteiger partial charge in [-0.3, -0.25) is 0 Å². The van der Waals surface area contributed by atoms with Gasteiger partial charge in [0.1, 0.15) is 0 Å². The zero-order chi connectivity index (χ0) is 13.1. The highest BCUT2D eigenvalue weighted by Crippen LogP contribution is 2.29. The van der Waals surface area contributed by atoms with Crippen molar-refractivity contribution in [2.75, 3.05) is 13.2 Å². The summed E-state index contributed by atoms with van der Waals surface area (Å²) in [5.74, 6) is 0.451. The van der Waals surface area contributed by atoms with Gasteiger partial charge in [0.15, 0.2) is 0 Å². The first-order chi connectivity index (χ1) is 9.33. The SMILES string of the molecule is OC(Cc1csc(C2CCOC2)n1)c1ccccc1. The van der Waals surface area contributed by atoms with E-state index in [2.05, 4.69) is 10.4 Å². The first-order valence-electron chi connectivity index (χ1n) is 6.58. The lowest BCUT2D eigenvalue weighted by Gasteiger charge is -2.08. The lowest BCUT2D eigenvalue weighted by atomic mass is 10.1. The molecule has 0 bridgehead atoms. The van der Waals surface area contributed by atoms with Crippen LogP contribution in [0.3, 0.4) is 0 Å². The second kappa shape index (κ2) is 5.82. The molecular weight excluding hydrogens is 258 g/mol. The van der Waals surface area contributed by atoms with E-state index in [1.165, 1.54) is 0 Å². The van der Waals surface area contributed by atoms with E-state index >= 15 is 0 Å². The van der Waals surface area contributed by atoms with Gasteiger partial charge in [0.25, 0.3) is 0 Å². The van der Waals surface area contributed by atoms with Crippen molar-refractivity contribution in [3.63, 3.8) is 0 Å². The number of aliphatic hydroxyl groups is 1. The maximum atomic E-state index is 10.2. The summed E-state index contributed by atoms with van der Waals surface area (Å²) in [6.07, 6.45) is 1.17. The van der Waals surface area contributed by atoms with Crippen LogP contribution in [0, 0.1) is 0 Å². The lowest BCUT2D eigenvalue weighted by molar-refractivity contribution is 0.177. The van der Waals surface area contributed by atoms with Crippen LogP contribution >= 0.6 is 11.3 Å². The minimum Gasteiger partial charge on any atom is -0.388 e. The van der Waals surface area contributed by atoms with Crippen molar-refractivity contribution >= 4 is 11.3 Å². The molecular formula is C15H17NO2S. The molecule has 3 nitrogen and oxygen atoms in total. The monoisotopic (exact) mass is 275 g/mol. The fourth-order valence-corrected chi connectivity index (χ4v) is 3.28. The number of aliphatic hydroxyl groups excluding tert-OH is 1. The fraction of sp³-hybridized carbons (Fsp3) is 0.400. The predicted molar refractivity (Wildman–Crippen MR) is 75.4 cm³/mol. The fourth-order valence-electron chi connectivity index (χ4n) is 2.32. The Bertz CT molecular complexity index is 520. The van der Waals surface area contributed by atoms with Gasteiger partial charge in [-0.05, 0) is 12.0 Å². The van der Waals surface area contributed by atoms with Crippen LogP contribution in [0.5, 0.6) is 0 Å². The molecule has 1 saturated heterocycles. The zero-order valence-electron chi connectivity index (χ0n) is 10.7. The number of hydrogen-bond donors (Lipinski definition) is 1. The summed E-state index contributed by atoms with van der Waals surface area (Å²) >= 11 is 1.68. The number of ether oxygens (including phenoxy) is 1. The summed E-state index contributed by atoms with van der Waals surface area (Å²) in [4.78, 5) is 4.64. The quantitative estimate of drug-likeness (QED) is 0.933. The Hall–Kier alpha value is -1.23. The van der Waals surface area contributed by atoms with Gasteiger partial charge in [-0.25, -0.2) is 4.98 Å². The molecule has 2 aromatic rings. The Morgan fingerprint density at radius 3 is 2.95 bits per heavy atom. The molecule has 2 unspecified atom stereocenters. The molecule has 0 spiro atoms. The van der Waals surface area contributed by atoms with E-state index in [9.17, 15) is 5.11 Å². The molecule has 1 aliphatic heterocycles. The van der Waals surface area contributed by atoms with Crippen LogP contribution in [0.15, 0.2) is 35.7 Å². The molecule has 19 heavy (non-hydrogen) atoms. The zero-order valence-corrected chi connectivity index (χ0v) is 11.5. The summed E-state index contributed by atoms with van der Waals surface area (Å²) in [7, 11) is 0. The molecule has 0 aliphatic carbocycles. The Balaban J connectivity index is 1.66. The molecule has 0 amide bonds. The minimum atomic E-state index is -0.476. The minimum absolute atomic E-state index is 0.451. The molecule has 1 aromatic heterocycles. The molecule has 1 aromatic carbocycles. The largest absolute Gasteiger partial charge is 0.388 e. The second-order valence-electron chi connectivity index (χ2n) is 4.87. The van der Waals surface area contributed by atoms with Crippen molar-refractivity contribution in [1.82, 2.24) is 4.98 Å². The molecule has 1 N–H and O–H groups in total. The van der Waals surface area contributed by atoms with Crippen LogP contribution in [-0.2, 0) is 11.2 Å². The second-order valence-corrected chi connectivity index (χ2v) is 5.76. The number of hydrogen-bond acceptors (Lipinski definition) is 4. The Morgan fingerprint density at radius 2 is 2.21 bits per heavy atom. The van der Waals surface area contributed by atoms with Crippen LogP contribution in [0.4, 0.5) is 0 Å². The summed E-state index contributed by atoms with van der Waals surface area (Å²) < 4.78 is 5.39. The standard InChI is InChI=1S/C15H17NO2S/c17-14(11-4-2-1-3-5-11)8-13-10-19-15(16-13)12-6-7-18-9-12/h1-5,10,12,14,17H,6-9H2. The summed E-state index contributed by atoms with van der Waals surface area (Å²) in [5, 5.41) is 13.4. The van der Waals surface area contributed by atoms with Gasteiger partial charge in [-0.2, -0.15) is 0 Å². The molecule has 0 saturated carbocycles. The van der Waals surface area contributed by atoms with Gasteiger partial charge >= 0.3 is 0 Å². The van der Waals surface area contributed by atoms with Crippen molar-refractivity contribution in [3.8, 4) is 0 Å². The lowest BCUT2D eigenvalue weighted by Crippen LogP contribution is -2.03. The van der Waals surface area contributed by atoms with Crippen LogP contribution in [0.25, 0.3) is 0 Å². The molecule has 2 atom stereocenters. The number of aromatic nitrogens is 1. The normalized spacial score (nSPS) is 20.6. The topological polar surface area (TPSA) is 42.4 Å². The average Bonchev–Trinajstić information content (AvgIpc) is 3.10. The summed E-state index contributed by atoms with van der Waals surface area (Å²) in [6, 6.07) is 9.74. The maximum absolute atomic E-state index is 10.2. The average molecular weight is 275 g/mol. The number of rotatable bonds is 4. The van der Waals surface area contributed by atoms with Crippen molar-refractivity contribution in [2.45, 2.75) is 24.9 Å². The van der Waals surface area contributed by atoms with Gasteiger partial charge in [0.2, 0.25) is 0 Å². The summed E-state index contributed by atoms with van der Waals surface area (Å²) in [5.41, 5.74) is 1.92. The van der Waals surface area contributed by atoms with Crippen molar-refractivity contribution < 1.29 is 9.84 Å². The Labute approximate surface area is 116 Å². The van der Waals surface area contributed by atoms with Crippen molar-refractivity contribution in [2.24, 2.45) is 0 Å². The van der Waals surface area contributed by atoms with E-state index in [1.54, 1.807) is 11.3 Å². The molecule has 100 valence electrons. The number of thiazole rings is 1. The van der Waals surface area contributed by atoms with Crippen molar-refractivity contribution in [1.29, 1.82) is 0 Å². The molecule has 1 aliphatic rings. The van der Waals surface area contributed by atoms with Gasteiger partial charge in [0, 0.05) is 24.3 Å². The number of nitrogens with zero attached hydrogens (tertiary/aromatic N) is 1. The Kier molecular flexibility index (Phi) is 3.92. The predicted octanol–water partition coefficient (Wildman–Crippen LogP) is 2.92. The molecule has 1 fully saturated rings. The maximum Gasteiger partial charge on any atom is 0.0983 e. The molecule has 3 rings (SSSR count). The van der Waals surface area contributed by atoms with Crippen LogP contribution in [0.1, 0.15) is 34.7 Å². The van der Waals surface area contributed by atoms with E-state index in [1.807, 2.05) is 30.3 Å². The van der Waals surface area contributed by atoms with E-state index in [-0.39, 0.29) is 0 Å². The van der Waals surface area contributed by atoms with Gasteiger partial charge in [-0.15, -0.1) is 11.3 Å². The highest BCUT2D eigenvalue weighted by Gasteiger charge is 2.21. The van der Waals surface area contributed by atoms with Crippen LogP contribution in [-0.4, -0.2) is 23.3 Å².